The molecule has 0 bridgehead atoms. The lowest BCUT2D eigenvalue weighted by atomic mass is 10.2. The zero-order chi connectivity index (χ0) is 14.3. The molecule has 0 unspecified atom stereocenters. The van der Waals surface area contributed by atoms with E-state index in [2.05, 4.69) is 16.9 Å². The fraction of sp³-hybridized carbons (Fsp3) is 0.357. The molecule has 20 heavy (non-hydrogen) atoms. The van der Waals surface area contributed by atoms with Gasteiger partial charge in [0.15, 0.2) is 0 Å². The fourth-order valence-electron chi connectivity index (χ4n) is 2.54. The molecule has 0 saturated carbocycles. The standard InChI is InChI=1S/C14H15N3O2S/c1-3-6-15-12(18)11-8(2)10-13(20-11)16-9-5-4-7-17(9)14(10)19/h3H,1,4-7H2,2H3,(H,15,18). The number of hydrogen-bond donors (Lipinski definition) is 1. The number of fused-ring (bicyclic) bond motifs is 2. The Morgan fingerprint density at radius 2 is 2.40 bits per heavy atom. The summed E-state index contributed by atoms with van der Waals surface area (Å²) in [6, 6.07) is 0. The van der Waals surface area contributed by atoms with E-state index in [-0.39, 0.29) is 11.5 Å². The molecule has 0 fully saturated rings. The van der Waals surface area contributed by atoms with Crippen molar-refractivity contribution in [2.24, 2.45) is 0 Å². The minimum absolute atomic E-state index is 0.0148. The smallest absolute Gasteiger partial charge is 0.262 e. The highest BCUT2D eigenvalue weighted by molar-refractivity contribution is 7.20. The van der Waals surface area contributed by atoms with Gasteiger partial charge in [0.25, 0.3) is 11.5 Å². The molecule has 1 amide bonds. The largest absolute Gasteiger partial charge is 0.348 e. The van der Waals surface area contributed by atoms with Crippen molar-refractivity contribution in [1.29, 1.82) is 0 Å². The van der Waals surface area contributed by atoms with E-state index in [9.17, 15) is 9.59 Å². The topological polar surface area (TPSA) is 64.0 Å². The Morgan fingerprint density at radius 1 is 1.60 bits per heavy atom. The van der Waals surface area contributed by atoms with Crippen LogP contribution in [0.4, 0.5) is 0 Å². The molecule has 2 aromatic rings. The molecule has 0 spiro atoms. The molecule has 0 radical (unpaired) electrons. The number of carbonyl (C=O) groups is 1. The van der Waals surface area contributed by atoms with Gasteiger partial charge in [-0.25, -0.2) is 4.98 Å². The number of nitrogens with one attached hydrogen (secondary N) is 1. The quantitative estimate of drug-likeness (QED) is 0.873. The van der Waals surface area contributed by atoms with Crippen LogP contribution in [0.15, 0.2) is 17.4 Å². The summed E-state index contributed by atoms with van der Waals surface area (Å²) in [5.74, 6) is 0.664. The van der Waals surface area contributed by atoms with Crippen molar-refractivity contribution in [1.82, 2.24) is 14.9 Å². The summed E-state index contributed by atoms with van der Waals surface area (Å²) in [6.45, 7) is 6.52. The molecule has 3 heterocycles. The van der Waals surface area contributed by atoms with Crippen LogP contribution in [0, 0.1) is 6.92 Å². The van der Waals surface area contributed by atoms with Crippen LogP contribution in [0.1, 0.15) is 27.5 Å². The van der Waals surface area contributed by atoms with Crippen molar-refractivity contribution in [2.75, 3.05) is 6.54 Å². The average molecular weight is 289 g/mol. The van der Waals surface area contributed by atoms with Crippen LogP contribution >= 0.6 is 11.3 Å². The second kappa shape index (κ2) is 4.86. The van der Waals surface area contributed by atoms with Crippen LogP contribution in [0.3, 0.4) is 0 Å². The van der Waals surface area contributed by atoms with E-state index in [4.69, 9.17) is 0 Å². The van der Waals surface area contributed by atoms with Gasteiger partial charge in [-0.3, -0.25) is 14.2 Å². The molecule has 1 aliphatic heterocycles. The SMILES string of the molecule is C=CCNC(=O)c1sc2nc3n(c(=O)c2c1C)CCC3. The van der Waals surface area contributed by atoms with Crippen LogP contribution in [0.2, 0.25) is 0 Å². The van der Waals surface area contributed by atoms with E-state index in [0.29, 0.717) is 21.6 Å². The van der Waals surface area contributed by atoms with Crippen molar-refractivity contribution in [2.45, 2.75) is 26.3 Å². The highest BCUT2D eigenvalue weighted by Gasteiger charge is 2.22. The Bertz CT molecular complexity index is 773. The van der Waals surface area contributed by atoms with Gasteiger partial charge in [0.1, 0.15) is 10.7 Å². The van der Waals surface area contributed by atoms with E-state index >= 15 is 0 Å². The maximum absolute atomic E-state index is 12.5. The van der Waals surface area contributed by atoms with Gasteiger partial charge in [-0.05, 0) is 18.9 Å². The predicted octanol–water partition coefficient (Wildman–Crippen LogP) is 1.63. The first-order valence-corrected chi connectivity index (χ1v) is 7.37. The van der Waals surface area contributed by atoms with Gasteiger partial charge < -0.3 is 5.32 Å². The van der Waals surface area contributed by atoms with Gasteiger partial charge in [0.05, 0.1) is 10.3 Å². The summed E-state index contributed by atoms with van der Waals surface area (Å²) in [6.07, 6.45) is 3.42. The Balaban J connectivity index is 2.16. The predicted molar refractivity (Wildman–Crippen MR) is 79.5 cm³/mol. The van der Waals surface area contributed by atoms with Crippen LogP contribution < -0.4 is 10.9 Å². The van der Waals surface area contributed by atoms with Gasteiger partial charge in [0.2, 0.25) is 0 Å². The molecule has 3 rings (SSSR count). The average Bonchev–Trinajstić information content (AvgIpc) is 3.01. The highest BCUT2D eigenvalue weighted by atomic mass is 32.1. The summed E-state index contributed by atoms with van der Waals surface area (Å²) in [5, 5.41) is 3.33. The lowest BCUT2D eigenvalue weighted by molar-refractivity contribution is 0.0961. The van der Waals surface area contributed by atoms with Gasteiger partial charge in [-0.15, -0.1) is 17.9 Å². The zero-order valence-corrected chi connectivity index (χ0v) is 12.0. The van der Waals surface area contributed by atoms with Gasteiger partial charge in [0, 0.05) is 19.5 Å². The maximum Gasteiger partial charge on any atom is 0.262 e. The lowest BCUT2D eigenvalue weighted by Gasteiger charge is -2.02. The van der Waals surface area contributed by atoms with E-state index in [0.717, 1.165) is 30.8 Å². The third-order valence-electron chi connectivity index (χ3n) is 3.52. The van der Waals surface area contributed by atoms with E-state index < -0.39 is 0 Å². The van der Waals surface area contributed by atoms with Crippen molar-refractivity contribution in [3.05, 3.63) is 39.3 Å². The summed E-state index contributed by atoms with van der Waals surface area (Å²) in [5.41, 5.74) is 0.713. The Labute approximate surface area is 119 Å². The fourth-order valence-corrected chi connectivity index (χ4v) is 3.64. The summed E-state index contributed by atoms with van der Waals surface area (Å²) in [4.78, 5) is 30.3. The number of amides is 1. The Hall–Kier alpha value is -1.95. The van der Waals surface area contributed by atoms with Gasteiger partial charge in [-0.2, -0.15) is 0 Å². The molecule has 104 valence electrons. The number of thiophene rings is 1. The molecule has 0 aromatic carbocycles. The number of hydrogen-bond acceptors (Lipinski definition) is 4. The summed E-state index contributed by atoms with van der Waals surface area (Å²) in [7, 11) is 0. The van der Waals surface area contributed by atoms with Crippen molar-refractivity contribution in [3.63, 3.8) is 0 Å². The minimum Gasteiger partial charge on any atom is -0.348 e. The number of aromatic nitrogens is 2. The first-order valence-electron chi connectivity index (χ1n) is 6.55. The molecule has 0 aliphatic carbocycles. The number of nitrogens with zero attached hydrogens (tertiary/aromatic N) is 2. The van der Waals surface area contributed by atoms with E-state index in [1.165, 1.54) is 11.3 Å². The molecule has 1 aliphatic rings. The van der Waals surface area contributed by atoms with Crippen LogP contribution in [0.25, 0.3) is 10.2 Å². The second-order valence-electron chi connectivity index (χ2n) is 4.82. The van der Waals surface area contributed by atoms with Crippen molar-refractivity contribution >= 4 is 27.5 Å². The molecule has 6 heteroatoms. The number of carbonyl (C=O) groups excluding carboxylic acids is 1. The summed E-state index contributed by atoms with van der Waals surface area (Å²) >= 11 is 1.29. The lowest BCUT2D eigenvalue weighted by Crippen LogP contribution is -2.23. The first kappa shape index (κ1) is 13.1. The highest BCUT2D eigenvalue weighted by Crippen LogP contribution is 2.28. The minimum atomic E-state index is -0.171. The molecule has 0 atom stereocenters. The first-order chi connectivity index (χ1) is 9.63. The zero-order valence-electron chi connectivity index (χ0n) is 11.2. The van der Waals surface area contributed by atoms with Gasteiger partial charge in [-0.1, -0.05) is 6.08 Å². The maximum atomic E-state index is 12.5. The van der Waals surface area contributed by atoms with Crippen LogP contribution in [0.5, 0.6) is 0 Å². The third-order valence-corrected chi connectivity index (χ3v) is 4.71. The molecule has 5 nitrogen and oxygen atoms in total. The second-order valence-corrected chi connectivity index (χ2v) is 5.82. The Kier molecular flexibility index (Phi) is 3.17. The molecule has 1 N–H and O–H groups in total. The van der Waals surface area contributed by atoms with Gasteiger partial charge >= 0.3 is 0 Å². The number of aryl methyl sites for hydroxylation is 2. The van der Waals surface area contributed by atoms with Crippen LogP contribution in [-0.4, -0.2) is 22.0 Å². The Morgan fingerprint density at radius 3 is 3.15 bits per heavy atom. The normalized spacial score (nSPS) is 13.4. The molecule has 0 saturated heterocycles. The van der Waals surface area contributed by atoms with Crippen LogP contribution in [-0.2, 0) is 13.0 Å². The summed E-state index contributed by atoms with van der Waals surface area (Å²) < 4.78 is 1.73. The third kappa shape index (κ3) is 1.87. The molecular weight excluding hydrogens is 274 g/mol. The molecular formula is C14H15N3O2S. The number of rotatable bonds is 3. The van der Waals surface area contributed by atoms with E-state index in [1.54, 1.807) is 10.6 Å². The van der Waals surface area contributed by atoms with Crippen molar-refractivity contribution < 1.29 is 4.79 Å². The van der Waals surface area contributed by atoms with E-state index in [1.807, 2.05) is 6.92 Å². The monoisotopic (exact) mass is 289 g/mol. The molecule has 2 aromatic heterocycles. The van der Waals surface area contributed by atoms with Crippen molar-refractivity contribution in [3.8, 4) is 0 Å².